The van der Waals surface area contributed by atoms with Crippen molar-refractivity contribution in [2.24, 2.45) is 0 Å². The van der Waals surface area contributed by atoms with Crippen LogP contribution in [0.15, 0.2) is 65.5 Å². The van der Waals surface area contributed by atoms with E-state index in [1.54, 1.807) is 25.6 Å². The molecule has 5 rings (SSSR count). The monoisotopic (exact) mass is 467 g/mol. The van der Waals surface area contributed by atoms with E-state index in [2.05, 4.69) is 9.97 Å². The lowest BCUT2D eigenvalue weighted by Crippen LogP contribution is -2.08. The van der Waals surface area contributed by atoms with Crippen molar-refractivity contribution in [2.45, 2.75) is 13.0 Å². The van der Waals surface area contributed by atoms with Gasteiger partial charge >= 0.3 is 0 Å². The zero-order valence-electron chi connectivity index (χ0n) is 16.8. The van der Waals surface area contributed by atoms with Crippen molar-refractivity contribution in [3.63, 3.8) is 0 Å². The number of rotatable bonds is 4. The molecule has 5 aromatic rings. The Bertz CT molecular complexity index is 1480. The fourth-order valence-corrected chi connectivity index (χ4v) is 4.46. The van der Waals surface area contributed by atoms with Crippen LogP contribution in [-0.4, -0.2) is 9.97 Å². The van der Waals surface area contributed by atoms with E-state index in [4.69, 9.17) is 38.1 Å². The summed E-state index contributed by atoms with van der Waals surface area (Å²) in [4.78, 5) is 8.71. The summed E-state index contributed by atoms with van der Waals surface area (Å²) < 4.78 is 26.0. The maximum absolute atomic E-state index is 14.0. The van der Waals surface area contributed by atoms with E-state index in [1.807, 2.05) is 30.3 Å². The molecule has 0 aliphatic heterocycles. The quantitative estimate of drug-likeness (QED) is 0.282. The maximum Gasteiger partial charge on any atom is 0.205 e. The molecule has 0 aliphatic rings. The summed E-state index contributed by atoms with van der Waals surface area (Å²) in [7, 11) is 0. The fourth-order valence-electron chi connectivity index (χ4n) is 3.78. The zero-order valence-corrected chi connectivity index (χ0v) is 18.3. The van der Waals surface area contributed by atoms with Crippen LogP contribution in [0.25, 0.3) is 33.0 Å². The number of pyridine rings is 2. The minimum absolute atomic E-state index is 0.105. The Hall–Kier alpha value is -3.35. The molecule has 3 aromatic heterocycles. The Labute approximate surface area is 192 Å². The average Bonchev–Trinajstić information content (AvgIpc) is 3.22. The molecule has 1 atom stereocenters. The number of para-hydroxylation sites is 1. The van der Waals surface area contributed by atoms with Crippen LogP contribution in [0, 0.1) is 5.82 Å². The van der Waals surface area contributed by atoms with E-state index in [1.165, 1.54) is 12.1 Å². The van der Waals surface area contributed by atoms with Crippen LogP contribution < -0.4 is 10.5 Å². The summed E-state index contributed by atoms with van der Waals surface area (Å²) >= 11 is 12.4. The minimum Gasteiger partial charge on any atom is -0.478 e. The number of furan rings is 1. The molecule has 2 N–H and O–H groups in total. The highest BCUT2D eigenvalue weighted by Crippen LogP contribution is 2.42. The van der Waals surface area contributed by atoms with Crippen LogP contribution in [0.1, 0.15) is 18.6 Å². The lowest BCUT2D eigenvalue weighted by molar-refractivity contribution is 0.227. The summed E-state index contributed by atoms with van der Waals surface area (Å²) in [5.41, 5.74) is 9.48. The molecule has 0 saturated heterocycles. The van der Waals surface area contributed by atoms with Gasteiger partial charge in [0.15, 0.2) is 11.4 Å². The number of nitrogen functional groups attached to an aromatic ring is 1. The van der Waals surface area contributed by atoms with E-state index in [0.717, 1.165) is 22.0 Å². The van der Waals surface area contributed by atoms with Crippen molar-refractivity contribution in [1.82, 2.24) is 9.97 Å². The Balaban J connectivity index is 1.63. The SMILES string of the molecule is C[C@@H](Oc1c(N)ncc2c(-c3ccnc4ccccc34)coc12)c1c(Cl)ccc(F)c1Cl. The van der Waals surface area contributed by atoms with Crippen LogP contribution in [0.4, 0.5) is 10.2 Å². The Kier molecular flexibility index (Phi) is 5.12. The molecule has 0 radical (unpaired) electrons. The van der Waals surface area contributed by atoms with E-state index in [0.29, 0.717) is 16.5 Å². The number of halogens is 3. The summed E-state index contributed by atoms with van der Waals surface area (Å²) in [5.74, 6) is -0.222. The number of nitrogens with two attached hydrogens (primary N) is 1. The molecule has 0 fully saturated rings. The van der Waals surface area contributed by atoms with Gasteiger partial charge in [0.2, 0.25) is 5.75 Å². The van der Waals surface area contributed by atoms with Gasteiger partial charge < -0.3 is 14.9 Å². The van der Waals surface area contributed by atoms with Gasteiger partial charge in [0, 0.05) is 33.9 Å². The van der Waals surface area contributed by atoms with Gasteiger partial charge in [0.1, 0.15) is 11.9 Å². The van der Waals surface area contributed by atoms with Gasteiger partial charge in [-0.05, 0) is 36.8 Å². The molecule has 160 valence electrons. The Morgan fingerprint density at radius 2 is 1.84 bits per heavy atom. The number of anilines is 1. The lowest BCUT2D eigenvalue weighted by Gasteiger charge is -2.18. The molecule has 2 aromatic carbocycles. The molecule has 32 heavy (non-hydrogen) atoms. The van der Waals surface area contributed by atoms with Crippen LogP contribution in [0.3, 0.4) is 0 Å². The number of aromatic nitrogens is 2. The zero-order chi connectivity index (χ0) is 22.4. The summed E-state index contributed by atoms with van der Waals surface area (Å²) in [6.07, 6.45) is 4.30. The predicted molar refractivity (Wildman–Crippen MR) is 125 cm³/mol. The largest absolute Gasteiger partial charge is 0.478 e. The van der Waals surface area contributed by atoms with E-state index >= 15 is 0 Å². The first-order chi connectivity index (χ1) is 15.5. The van der Waals surface area contributed by atoms with Crippen LogP contribution in [-0.2, 0) is 0 Å². The third-order valence-electron chi connectivity index (χ3n) is 5.32. The van der Waals surface area contributed by atoms with Gasteiger partial charge in [-0.25, -0.2) is 9.37 Å². The van der Waals surface area contributed by atoms with Gasteiger partial charge in [0.05, 0.1) is 22.2 Å². The summed E-state index contributed by atoms with van der Waals surface area (Å²) in [6, 6.07) is 12.4. The number of hydrogen-bond acceptors (Lipinski definition) is 5. The van der Waals surface area contributed by atoms with E-state index in [-0.39, 0.29) is 21.6 Å². The molecule has 8 heteroatoms. The molecule has 0 bridgehead atoms. The second-order valence-electron chi connectivity index (χ2n) is 7.26. The van der Waals surface area contributed by atoms with Crippen molar-refractivity contribution in [3.05, 3.63) is 82.5 Å². The third kappa shape index (κ3) is 3.32. The average molecular weight is 468 g/mol. The van der Waals surface area contributed by atoms with Gasteiger partial charge in [-0.3, -0.25) is 4.98 Å². The number of nitrogens with zero attached hydrogens (tertiary/aromatic N) is 2. The first-order valence-corrected chi connectivity index (χ1v) is 10.5. The topological polar surface area (TPSA) is 74.2 Å². The normalized spacial score (nSPS) is 12.4. The van der Waals surface area contributed by atoms with E-state index < -0.39 is 11.9 Å². The molecule has 0 spiro atoms. The maximum atomic E-state index is 14.0. The lowest BCUT2D eigenvalue weighted by atomic mass is 10.0. The number of benzene rings is 2. The first kappa shape index (κ1) is 20.5. The van der Waals surface area contributed by atoms with Gasteiger partial charge in [-0.1, -0.05) is 41.4 Å². The predicted octanol–water partition coefficient (Wildman–Crippen LogP) is 7.21. The van der Waals surface area contributed by atoms with Gasteiger partial charge in [-0.2, -0.15) is 0 Å². The highest BCUT2D eigenvalue weighted by Gasteiger charge is 2.23. The molecule has 0 amide bonds. The standard InChI is InChI=1S/C24H16Cl2FN3O2/c1-12(20-17(25)6-7-18(27)21(20)26)32-23-22-15(10-30-24(23)28)16(11-31-22)13-8-9-29-19-5-3-2-4-14(13)19/h2-12H,1H3,(H2,28,30)/t12-/m1/s1. The smallest absolute Gasteiger partial charge is 0.205 e. The molecular formula is C24H16Cl2FN3O2. The highest BCUT2D eigenvalue weighted by atomic mass is 35.5. The fraction of sp³-hybridized carbons (Fsp3) is 0.0833. The van der Waals surface area contributed by atoms with Crippen molar-refractivity contribution in [1.29, 1.82) is 0 Å². The summed E-state index contributed by atoms with van der Waals surface area (Å²) in [6.45, 7) is 1.70. The number of hydrogen-bond donors (Lipinski definition) is 1. The molecular weight excluding hydrogens is 452 g/mol. The molecule has 0 unspecified atom stereocenters. The molecule has 3 heterocycles. The Morgan fingerprint density at radius 1 is 1.03 bits per heavy atom. The second-order valence-corrected chi connectivity index (χ2v) is 8.04. The van der Waals surface area contributed by atoms with Crippen molar-refractivity contribution in [3.8, 4) is 16.9 Å². The van der Waals surface area contributed by atoms with Crippen LogP contribution in [0.5, 0.6) is 5.75 Å². The van der Waals surface area contributed by atoms with Crippen LogP contribution in [0.2, 0.25) is 10.0 Å². The second kappa shape index (κ2) is 7.97. The van der Waals surface area contributed by atoms with Crippen molar-refractivity contribution < 1.29 is 13.5 Å². The van der Waals surface area contributed by atoms with Gasteiger partial charge in [-0.15, -0.1) is 0 Å². The molecule has 0 aliphatic carbocycles. The molecule has 5 nitrogen and oxygen atoms in total. The van der Waals surface area contributed by atoms with Crippen LogP contribution >= 0.6 is 23.2 Å². The number of ether oxygens (including phenoxy) is 1. The first-order valence-electron chi connectivity index (χ1n) is 9.75. The number of fused-ring (bicyclic) bond motifs is 2. The highest BCUT2D eigenvalue weighted by molar-refractivity contribution is 6.36. The third-order valence-corrected chi connectivity index (χ3v) is 6.03. The Morgan fingerprint density at radius 3 is 2.69 bits per heavy atom. The molecule has 0 saturated carbocycles. The van der Waals surface area contributed by atoms with E-state index in [9.17, 15) is 4.39 Å². The summed E-state index contributed by atoms with van der Waals surface area (Å²) in [5, 5.41) is 1.87. The van der Waals surface area contributed by atoms with Gasteiger partial charge in [0.25, 0.3) is 0 Å². The van der Waals surface area contributed by atoms with Crippen molar-refractivity contribution in [2.75, 3.05) is 5.73 Å². The van der Waals surface area contributed by atoms with Crippen molar-refractivity contribution >= 4 is 50.9 Å². The minimum atomic E-state index is -0.712.